The lowest BCUT2D eigenvalue weighted by Crippen LogP contribution is -2.43. The van der Waals surface area contributed by atoms with Gasteiger partial charge in [-0.1, -0.05) is 25.1 Å². The Morgan fingerprint density at radius 2 is 2.05 bits per heavy atom. The molecule has 2 N–H and O–H groups in total. The standard InChI is InChI=1S/C17H25N3O/c1-13-7-9-17(12-18,10-8-13)21-11-15-14-5-3-4-6-16(14)20(2)19-15/h3-6,13H,7-12,18H2,1-2H3. The molecule has 0 aliphatic heterocycles. The lowest BCUT2D eigenvalue weighted by atomic mass is 9.79. The zero-order chi connectivity index (χ0) is 14.9. The van der Waals surface area contributed by atoms with Gasteiger partial charge in [-0.15, -0.1) is 0 Å². The Labute approximate surface area is 126 Å². The number of rotatable bonds is 4. The van der Waals surface area contributed by atoms with Crippen LogP contribution >= 0.6 is 0 Å². The van der Waals surface area contributed by atoms with Crippen molar-refractivity contribution in [3.63, 3.8) is 0 Å². The van der Waals surface area contributed by atoms with Crippen molar-refractivity contribution in [2.24, 2.45) is 18.7 Å². The van der Waals surface area contributed by atoms with E-state index in [4.69, 9.17) is 10.5 Å². The van der Waals surface area contributed by atoms with Crippen molar-refractivity contribution < 1.29 is 4.74 Å². The molecule has 4 heteroatoms. The van der Waals surface area contributed by atoms with E-state index >= 15 is 0 Å². The van der Waals surface area contributed by atoms with E-state index in [2.05, 4.69) is 30.2 Å². The van der Waals surface area contributed by atoms with Crippen LogP contribution in [0, 0.1) is 5.92 Å². The van der Waals surface area contributed by atoms with Gasteiger partial charge < -0.3 is 10.5 Å². The van der Waals surface area contributed by atoms with E-state index in [1.54, 1.807) is 0 Å². The number of aryl methyl sites for hydroxylation is 1. The molecule has 1 fully saturated rings. The van der Waals surface area contributed by atoms with Gasteiger partial charge in [-0.2, -0.15) is 5.10 Å². The maximum Gasteiger partial charge on any atom is 0.0960 e. The number of nitrogens with two attached hydrogens (primary N) is 1. The van der Waals surface area contributed by atoms with Crippen molar-refractivity contribution in [1.82, 2.24) is 9.78 Å². The number of para-hydroxylation sites is 1. The Balaban J connectivity index is 1.76. The average Bonchev–Trinajstić information content (AvgIpc) is 2.84. The van der Waals surface area contributed by atoms with Crippen LogP contribution in [0.15, 0.2) is 24.3 Å². The molecule has 1 saturated carbocycles. The van der Waals surface area contributed by atoms with Gasteiger partial charge in [0.15, 0.2) is 0 Å². The number of hydrogen-bond acceptors (Lipinski definition) is 3. The SMILES string of the molecule is CC1CCC(CN)(OCc2nn(C)c3ccccc23)CC1. The summed E-state index contributed by atoms with van der Waals surface area (Å²) in [5, 5.41) is 5.78. The first-order valence-electron chi connectivity index (χ1n) is 7.88. The van der Waals surface area contributed by atoms with Gasteiger partial charge in [0, 0.05) is 19.0 Å². The highest BCUT2D eigenvalue weighted by Gasteiger charge is 2.34. The summed E-state index contributed by atoms with van der Waals surface area (Å²) in [6.07, 6.45) is 4.55. The molecular weight excluding hydrogens is 262 g/mol. The molecule has 0 bridgehead atoms. The van der Waals surface area contributed by atoms with E-state index in [0.717, 1.165) is 30.0 Å². The van der Waals surface area contributed by atoms with Crippen molar-refractivity contribution >= 4 is 10.9 Å². The van der Waals surface area contributed by atoms with Gasteiger partial charge in [-0.05, 0) is 37.7 Å². The molecule has 114 valence electrons. The summed E-state index contributed by atoms with van der Waals surface area (Å²) in [5.74, 6) is 0.795. The fourth-order valence-corrected chi connectivity index (χ4v) is 3.31. The van der Waals surface area contributed by atoms with Crippen LogP contribution in [0.25, 0.3) is 10.9 Å². The second kappa shape index (κ2) is 5.78. The molecule has 1 aliphatic rings. The first-order valence-corrected chi connectivity index (χ1v) is 7.88. The first kappa shape index (κ1) is 14.5. The monoisotopic (exact) mass is 287 g/mol. The maximum atomic E-state index is 6.27. The molecule has 0 unspecified atom stereocenters. The third-order valence-corrected chi connectivity index (χ3v) is 4.91. The Bertz CT molecular complexity index is 612. The Hall–Kier alpha value is -1.39. The van der Waals surface area contributed by atoms with Crippen LogP contribution in [-0.4, -0.2) is 21.9 Å². The van der Waals surface area contributed by atoms with Gasteiger partial charge in [-0.25, -0.2) is 0 Å². The van der Waals surface area contributed by atoms with Gasteiger partial charge in [0.1, 0.15) is 0 Å². The van der Waals surface area contributed by atoms with Gasteiger partial charge >= 0.3 is 0 Å². The molecule has 1 aliphatic carbocycles. The molecule has 0 saturated heterocycles. The average molecular weight is 287 g/mol. The van der Waals surface area contributed by atoms with Crippen LogP contribution in [0.2, 0.25) is 0 Å². The van der Waals surface area contributed by atoms with Crippen LogP contribution in [0.1, 0.15) is 38.3 Å². The van der Waals surface area contributed by atoms with Crippen LogP contribution in [0.4, 0.5) is 0 Å². The quantitative estimate of drug-likeness (QED) is 0.940. The maximum absolute atomic E-state index is 6.27. The fraction of sp³-hybridized carbons (Fsp3) is 0.588. The fourth-order valence-electron chi connectivity index (χ4n) is 3.31. The molecule has 4 nitrogen and oxygen atoms in total. The largest absolute Gasteiger partial charge is 0.367 e. The Kier molecular flexibility index (Phi) is 4.00. The molecule has 1 aromatic carbocycles. The van der Waals surface area contributed by atoms with Crippen molar-refractivity contribution in [3.05, 3.63) is 30.0 Å². The number of hydrogen-bond donors (Lipinski definition) is 1. The third kappa shape index (κ3) is 2.83. The van der Waals surface area contributed by atoms with E-state index < -0.39 is 0 Å². The molecule has 0 radical (unpaired) electrons. The highest BCUT2D eigenvalue weighted by atomic mass is 16.5. The summed E-state index contributed by atoms with van der Waals surface area (Å²) < 4.78 is 8.20. The predicted octanol–water partition coefficient (Wildman–Crippen LogP) is 3.00. The molecule has 0 amide bonds. The Morgan fingerprint density at radius 1 is 1.33 bits per heavy atom. The van der Waals surface area contributed by atoms with Gasteiger partial charge in [0.05, 0.1) is 23.4 Å². The molecule has 1 heterocycles. The minimum atomic E-state index is -0.148. The number of benzene rings is 1. The summed E-state index contributed by atoms with van der Waals surface area (Å²) >= 11 is 0. The van der Waals surface area contributed by atoms with Crippen molar-refractivity contribution in [2.45, 2.75) is 44.8 Å². The molecule has 2 aromatic rings. The van der Waals surface area contributed by atoms with Crippen LogP contribution in [0.3, 0.4) is 0 Å². The molecule has 1 aromatic heterocycles. The van der Waals surface area contributed by atoms with Gasteiger partial charge in [-0.3, -0.25) is 4.68 Å². The lowest BCUT2D eigenvalue weighted by molar-refractivity contribution is -0.0807. The van der Waals surface area contributed by atoms with E-state index in [0.29, 0.717) is 13.2 Å². The third-order valence-electron chi connectivity index (χ3n) is 4.91. The minimum Gasteiger partial charge on any atom is -0.367 e. The lowest BCUT2D eigenvalue weighted by Gasteiger charge is -2.38. The second-order valence-corrected chi connectivity index (χ2v) is 6.45. The van der Waals surface area contributed by atoms with Gasteiger partial charge in [0.25, 0.3) is 0 Å². The smallest absolute Gasteiger partial charge is 0.0960 e. The first-order chi connectivity index (χ1) is 10.1. The van der Waals surface area contributed by atoms with Crippen LogP contribution < -0.4 is 5.73 Å². The summed E-state index contributed by atoms with van der Waals surface area (Å²) in [7, 11) is 1.98. The molecule has 0 spiro atoms. The summed E-state index contributed by atoms with van der Waals surface area (Å²) in [5.41, 5.74) is 8.03. The molecule has 3 rings (SSSR count). The summed E-state index contributed by atoms with van der Waals surface area (Å²) in [6, 6.07) is 8.29. The normalized spacial score (nSPS) is 26.3. The van der Waals surface area contributed by atoms with E-state index in [9.17, 15) is 0 Å². The summed E-state index contributed by atoms with van der Waals surface area (Å²) in [6.45, 7) is 3.46. The highest BCUT2D eigenvalue weighted by Crippen LogP contribution is 2.35. The van der Waals surface area contributed by atoms with Gasteiger partial charge in [0.2, 0.25) is 0 Å². The zero-order valence-corrected chi connectivity index (χ0v) is 13.0. The summed E-state index contributed by atoms with van der Waals surface area (Å²) in [4.78, 5) is 0. The van der Waals surface area contributed by atoms with Crippen molar-refractivity contribution in [2.75, 3.05) is 6.54 Å². The molecule has 0 atom stereocenters. The van der Waals surface area contributed by atoms with E-state index in [1.165, 1.54) is 18.2 Å². The molecule has 21 heavy (non-hydrogen) atoms. The van der Waals surface area contributed by atoms with Crippen molar-refractivity contribution in [1.29, 1.82) is 0 Å². The Morgan fingerprint density at radius 3 is 2.76 bits per heavy atom. The zero-order valence-electron chi connectivity index (χ0n) is 13.0. The second-order valence-electron chi connectivity index (χ2n) is 6.45. The minimum absolute atomic E-state index is 0.148. The topological polar surface area (TPSA) is 53.1 Å². The van der Waals surface area contributed by atoms with Crippen LogP contribution in [-0.2, 0) is 18.4 Å². The van der Waals surface area contributed by atoms with E-state index in [1.807, 2.05) is 17.8 Å². The predicted molar refractivity (Wildman–Crippen MR) is 84.9 cm³/mol. The number of nitrogens with zero attached hydrogens (tertiary/aromatic N) is 2. The van der Waals surface area contributed by atoms with Crippen LogP contribution in [0.5, 0.6) is 0 Å². The number of aromatic nitrogens is 2. The molecular formula is C17H25N3O. The van der Waals surface area contributed by atoms with E-state index in [-0.39, 0.29) is 5.60 Å². The highest BCUT2D eigenvalue weighted by molar-refractivity contribution is 5.81. The number of ether oxygens (including phenoxy) is 1. The number of fused-ring (bicyclic) bond motifs is 1. The van der Waals surface area contributed by atoms with Crippen molar-refractivity contribution in [3.8, 4) is 0 Å².